The predicted octanol–water partition coefficient (Wildman–Crippen LogP) is 2.64. The third-order valence-corrected chi connectivity index (χ3v) is 3.32. The first kappa shape index (κ1) is 14.1. The van der Waals surface area contributed by atoms with Crippen molar-refractivity contribution in [1.82, 2.24) is 9.97 Å². The van der Waals surface area contributed by atoms with Gasteiger partial charge in [-0.2, -0.15) is 0 Å². The van der Waals surface area contributed by atoms with E-state index in [4.69, 9.17) is 5.73 Å². The maximum atomic E-state index is 12.0. The summed E-state index contributed by atoms with van der Waals surface area (Å²) in [6, 6.07) is 8.37. The smallest absolute Gasteiger partial charge is 0.247 e. The Hall–Kier alpha value is -1.31. The second-order valence-corrected chi connectivity index (χ2v) is 5.27. The molecule has 0 saturated carbocycles. The van der Waals surface area contributed by atoms with Crippen LogP contribution in [0.4, 0.5) is 5.82 Å². The molecule has 1 atom stereocenters. The third-order valence-electron chi connectivity index (χ3n) is 2.38. The van der Waals surface area contributed by atoms with Gasteiger partial charge < -0.3 is 11.1 Å². The maximum Gasteiger partial charge on any atom is 0.247 e. The van der Waals surface area contributed by atoms with Crippen LogP contribution in [0.3, 0.4) is 0 Å². The van der Waals surface area contributed by atoms with E-state index in [0.717, 1.165) is 5.56 Å². The molecule has 0 unspecified atom stereocenters. The van der Waals surface area contributed by atoms with Crippen molar-refractivity contribution in [2.45, 2.75) is 6.04 Å². The van der Waals surface area contributed by atoms with E-state index >= 15 is 0 Å². The quantitative estimate of drug-likeness (QED) is 0.850. The van der Waals surface area contributed by atoms with Gasteiger partial charge in [0.1, 0.15) is 15.2 Å². The molecule has 0 radical (unpaired) electrons. The molecule has 1 amide bonds. The second kappa shape index (κ2) is 6.23. The van der Waals surface area contributed by atoms with Gasteiger partial charge in [-0.05, 0) is 37.4 Å². The fourth-order valence-corrected chi connectivity index (χ4v) is 2.35. The lowest BCUT2D eigenvalue weighted by atomic mass is 10.1. The molecule has 3 N–H and O–H groups in total. The summed E-state index contributed by atoms with van der Waals surface area (Å²) in [4.78, 5) is 20.1. The van der Waals surface area contributed by atoms with Crippen molar-refractivity contribution in [1.29, 1.82) is 0 Å². The summed E-state index contributed by atoms with van der Waals surface area (Å²) in [5.74, 6) is -0.0110. The van der Waals surface area contributed by atoms with Crippen LogP contribution in [0.2, 0.25) is 0 Å². The summed E-state index contributed by atoms with van der Waals surface area (Å²) in [5.41, 5.74) is 6.62. The van der Waals surface area contributed by atoms with Crippen LogP contribution in [0.15, 0.2) is 45.7 Å². The van der Waals surface area contributed by atoms with Gasteiger partial charge in [0.25, 0.3) is 0 Å². The number of anilines is 1. The van der Waals surface area contributed by atoms with Crippen LogP contribution in [0.25, 0.3) is 0 Å². The molecule has 0 bridgehead atoms. The van der Waals surface area contributed by atoms with E-state index in [-0.39, 0.29) is 5.91 Å². The lowest BCUT2D eigenvalue weighted by Crippen LogP contribution is -2.28. The Balaban J connectivity index is 2.13. The molecular formula is C12H10Br2N4O. The summed E-state index contributed by atoms with van der Waals surface area (Å²) in [5, 5.41) is 2.63. The van der Waals surface area contributed by atoms with Crippen LogP contribution < -0.4 is 11.1 Å². The van der Waals surface area contributed by atoms with E-state index in [1.165, 1.54) is 6.20 Å². The van der Waals surface area contributed by atoms with Crippen molar-refractivity contribution in [2.75, 3.05) is 5.32 Å². The van der Waals surface area contributed by atoms with Crippen LogP contribution >= 0.6 is 31.9 Å². The van der Waals surface area contributed by atoms with E-state index in [1.54, 1.807) is 12.1 Å². The van der Waals surface area contributed by atoms with Crippen molar-refractivity contribution in [2.24, 2.45) is 5.73 Å². The molecule has 0 fully saturated rings. The van der Waals surface area contributed by atoms with Crippen molar-refractivity contribution in [3.63, 3.8) is 0 Å². The van der Waals surface area contributed by atoms with Crippen LogP contribution in [-0.2, 0) is 4.79 Å². The number of nitrogens with zero attached hydrogens (tertiary/aromatic N) is 2. The molecule has 0 spiro atoms. The molecule has 5 nitrogen and oxygen atoms in total. The van der Waals surface area contributed by atoms with Crippen molar-refractivity contribution >= 4 is 43.6 Å². The summed E-state index contributed by atoms with van der Waals surface area (Å²) in [6.45, 7) is 0. The van der Waals surface area contributed by atoms with Crippen molar-refractivity contribution in [3.05, 3.63) is 51.3 Å². The molecule has 19 heavy (non-hydrogen) atoms. The van der Waals surface area contributed by atoms with E-state index < -0.39 is 6.04 Å². The van der Waals surface area contributed by atoms with E-state index in [2.05, 4.69) is 47.1 Å². The fourth-order valence-electron chi connectivity index (χ4n) is 1.44. The van der Waals surface area contributed by atoms with Crippen LogP contribution in [0.1, 0.15) is 11.6 Å². The Morgan fingerprint density at radius 1 is 1.26 bits per heavy atom. The minimum absolute atomic E-state index is 0.333. The first-order chi connectivity index (χ1) is 9.08. The van der Waals surface area contributed by atoms with E-state index in [0.29, 0.717) is 15.0 Å². The molecule has 0 aliphatic rings. The number of halogens is 2. The SMILES string of the molecule is N[C@@H](C(=O)Nc1ncc(Br)nc1Br)c1ccccc1. The third kappa shape index (κ3) is 3.59. The molecule has 98 valence electrons. The average Bonchev–Trinajstić information content (AvgIpc) is 2.42. The highest BCUT2D eigenvalue weighted by Gasteiger charge is 2.17. The summed E-state index contributed by atoms with van der Waals surface area (Å²) in [6.07, 6.45) is 1.49. The molecule has 1 aromatic heterocycles. The van der Waals surface area contributed by atoms with Crippen molar-refractivity contribution < 1.29 is 4.79 Å². The van der Waals surface area contributed by atoms with Gasteiger partial charge in [-0.1, -0.05) is 30.3 Å². The Morgan fingerprint density at radius 3 is 2.58 bits per heavy atom. The van der Waals surface area contributed by atoms with Crippen LogP contribution in [0, 0.1) is 0 Å². The second-order valence-electron chi connectivity index (χ2n) is 3.71. The summed E-state index contributed by atoms with van der Waals surface area (Å²) >= 11 is 6.41. The molecule has 1 heterocycles. The van der Waals surface area contributed by atoms with Gasteiger partial charge in [0, 0.05) is 0 Å². The number of benzene rings is 1. The van der Waals surface area contributed by atoms with Gasteiger partial charge in [-0.25, -0.2) is 9.97 Å². The molecule has 2 rings (SSSR count). The minimum Gasteiger partial charge on any atom is -0.316 e. The number of hydrogen-bond donors (Lipinski definition) is 2. The largest absolute Gasteiger partial charge is 0.316 e. The zero-order valence-electron chi connectivity index (χ0n) is 9.68. The number of carbonyl (C=O) groups is 1. The number of nitrogens with one attached hydrogen (secondary N) is 1. The number of rotatable bonds is 3. The highest BCUT2D eigenvalue weighted by atomic mass is 79.9. The topological polar surface area (TPSA) is 80.9 Å². The minimum atomic E-state index is -0.751. The Kier molecular flexibility index (Phi) is 4.62. The number of nitrogens with two attached hydrogens (primary N) is 1. The normalized spacial score (nSPS) is 11.9. The number of hydrogen-bond acceptors (Lipinski definition) is 4. The van der Waals surface area contributed by atoms with E-state index in [9.17, 15) is 4.79 Å². The van der Waals surface area contributed by atoms with E-state index in [1.807, 2.05) is 18.2 Å². The summed E-state index contributed by atoms with van der Waals surface area (Å²) < 4.78 is 1.01. The molecule has 7 heteroatoms. The monoisotopic (exact) mass is 384 g/mol. The van der Waals surface area contributed by atoms with Gasteiger partial charge in [-0.15, -0.1) is 0 Å². The molecular weight excluding hydrogens is 376 g/mol. The number of carbonyl (C=O) groups excluding carboxylic acids is 1. The maximum absolute atomic E-state index is 12.0. The van der Waals surface area contributed by atoms with Gasteiger partial charge in [0.05, 0.1) is 6.20 Å². The van der Waals surface area contributed by atoms with Crippen LogP contribution in [-0.4, -0.2) is 15.9 Å². The molecule has 2 aromatic rings. The standard InChI is InChI=1S/C12H10Br2N4O/c13-8-6-16-11(10(14)17-8)18-12(19)9(15)7-4-2-1-3-5-7/h1-6,9H,15H2,(H,16,18,19)/t9-/m1/s1. The molecule has 0 saturated heterocycles. The Bertz CT molecular complexity index is 592. The molecule has 1 aromatic carbocycles. The average molecular weight is 386 g/mol. The van der Waals surface area contributed by atoms with Crippen molar-refractivity contribution in [3.8, 4) is 0 Å². The zero-order chi connectivity index (χ0) is 13.8. The highest BCUT2D eigenvalue weighted by molar-refractivity contribution is 9.11. The van der Waals surface area contributed by atoms with Gasteiger partial charge in [0.15, 0.2) is 5.82 Å². The first-order valence-corrected chi connectivity index (χ1v) is 6.96. The lowest BCUT2D eigenvalue weighted by Gasteiger charge is -2.12. The van der Waals surface area contributed by atoms with Gasteiger partial charge >= 0.3 is 0 Å². The summed E-state index contributed by atoms with van der Waals surface area (Å²) in [7, 11) is 0. The van der Waals surface area contributed by atoms with Gasteiger partial charge in [0.2, 0.25) is 5.91 Å². The predicted molar refractivity (Wildman–Crippen MR) is 79.4 cm³/mol. The van der Waals surface area contributed by atoms with Crippen LogP contribution in [0.5, 0.6) is 0 Å². The Morgan fingerprint density at radius 2 is 1.95 bits per heavy atom. The molecule has 0 aliphatic carbocycles. The first-order valence-electron chi connectivity index (χ1n) is 5.37. The number of aromatic nitrogens is 2. The van der Waals surface area contributed by atoms with Gasteiger partial charge in [-0.3, -0.25) is 4.79 Å². The zero-order valence-corrected chi connectivity index (χ0v) is 12.8. The molecule has 0 aliphatic heterocycles. The fraction of sp³-hybridized carbons (Fsp3) is 0.0833. The highest BCUT2D eigenvalue weighted by Crippen LogP contribution is 2.20. The Labute approximate surface area is 126 Å². The lowest BCUT2D eigenvalue weighted by molar-refractivity contribution is -0.117. The number of amides is 1.